The summed E-state index contributed by atoms with van der Waals surface area (Å²) in [5.41, 5.74) is 0. The average molecular weight is 210 g/mol. The van der Waals surface area contributed by atoms with Gasteiger partial charge in [0.25, 0.3) is 0 Å². The van der Waals surface area contributed by atoms with Crippen LogP contribution in [0.3, 0.4) is 0 Å². The first kappa shape index (κ1) is 22.4. The molecule has 0 spiro atoms. The Labute approximate surface area is 83.4 Å². The summed E-state index contributed by atoms with van der Waals surface area (Å²) in [5.74, 6) is 0. The van der Waals surface area contributed by atoms with Gasteiger partial charge in [-0.2, -0.15) is 0 Å². The SMILES string of the molecule is CCCCCCC.Cl.Cl.Cl. The Balaban J connectivity index is -0.0000000600. The first-order valence-corrected chi connectivity index (χ1v) is 3.41. The third-order valence-electron chi connectivity index (χ3n) is 1.21. The normalized spacial score (nSPS) is 6.60. The zero-order valence-corrected chi connectivity index (χ0v) is 9.21. The summed E-state index contributed by atoms with van der Waals surface area (Å²) in [7, 11) is 0. The summed E-state index contributed by atoms with van der Waals surface area (Å²) in [6.45, 7) is 4.49. The molecule has 0 rings (SSSR count). The molecular weight excluding hydrogens is 190 g/mol. The van der Waals surface area contributed by atoms with Crippen LogP contribution in [0.1, 0.15) is 46.0 Å². The molecule has 0 aliphatic rings. The van der Waals surface area contributed by atoms with E-state index in [2.05, 4.69) is 13.8 Å². The van der Waals surface area contributed by atoms with Crippen molar-refractivity contribution in [3.63, 3.8) is 0 Å². The van der Waals surface area contributed by atoms with Crippen LogP contribution in [0.4, 0.5) is 0 Å². The minimum Gasteiger partial charge on any atom is -0.147 e. The molecule has 0 aliphatic carbocycles. The Hall–Kier alpha value is 0.870. The lowest BCUT2D eigenvalue weighted by atomic mass is 10.2. The predicted octanol–water partition coefficient (Wildman–Crippen LogP) is 4.24. The highest BCUT2D eigenvalue weighted by Gasteiger charge is 1.80. The van der Waals surface area contributed by atoms with E-state index in [1.165, 1.54) is 32.1 Å². The van der Waals surface area contributed by atoms with Gasteiger partial charge in [-0.05, 0) is 0 Å². The van der Waals surface area contributed by atoms with Crippen molar-refractivity contribution in [3.05, 3.63) is 0 Å². The molecular formula is C7H19Cl3. The molecule has 10 heavy (non-hydrogen) atoms. The lowest BCUT2D eigenvalue weighted by Gasteiger charge is -1.90. The second kappa shape index (κ2) is 22.5. The molecule has 0 saturated carbocycles. The number of hydrogen-bond donors (Lipinski definition) is 0. The highest BCUT2D eigenvalue weighted by molar-refractivity contribution is 5.86. The largest absolute Gasteiger partial charge is 0.147 e. The molecule has 0 radical (unpaired) electrons. The summed E-state index contributed by atoms with van der Waals surface area (Å²) in [6.07, 6.45) is 7.01. The van der Waals surface area contributed by atoms with Crippen LogP contribution in [-0.2, 0) is 0 Å². The van der Waals surface area contributed by atoms with E-state index in [-0.39, 0.29) is 37.2 Å². The van der Waals surface area contributed by atoms with Crippen molar-refractivity contribution in [3.8, 4) is 0 Å². The quantitative estimate of drug-likeness (QED) is 0.608. The predicted molar refractivity (Wildman–Crippen MR) is 56.2 cm³/mol. The number of unbranched alkanes of at least 4 members (excludes halogenated alkanes) is 4. The molecule has 0 aromatic carbocycles. The standard InChI is InChI=1S/C7H16.3ClH/c1-3-5-7-6-4-2;;;/h3-7H2,1-2H3;3*1H. The molecule has 0 bridgehead atoms. The summed E-state index contributed by atoms with van der Waals surface area (Å²) >= 11 is 0. The monoisotopic (exact) mass is 208 g/mol. The van der Waals surface area contributed by atoms with Crippen molar-refractivity contribution in [2.75, 3.05) is 0 Å². The Kier molecular flexibility index (Phi) is 50.6. The summed E-state index contributed by atoms with van der Waals surface area (Å²) < 4.78 is 0. The summed E-state index contributed by atoms with van der Waals surface area (Å²) in [5, 5.41) is 0. The molecule has 0 aromatic rings. The maximum absolute atomic E-state index is 2.25. The van der Waals surface area contributed by atoms with Gasteiger partial charge in [-0.1, -0.05) is 46.0 Å². The fourth-order valence-electron chi connectivity index (χ4n) is 0.677. The molecule has 68 valence electrons. The van der Waals surface area contributed by atoms with Gasteiger partial charge in [0.1, 0.15) is 0 Å². The lowest BCUT2D eigenvalue weighted by Crippen LogP contribution is -1.70. The second-order valence-electron chi connectivity index (χ2n) is 2.06. The Morgan fingerprint density at radius 2 is 0.900 bits per heavy atom. The van der Waals surface area contributed by atoms with Crippen LogP contribution >= 0.6 is 37.2 Å². The van der Waals surface area contributed by atoms with Crippen LogP contribution in [0.15, 0.2) is 0 Å². The van der Waals surface area contributed by atoms with Crippen LogP contribution in [0.5, 0.6) is 0 Å². The molecule has 0 unspecified atom stereocenters. The van der Waals surface area contributed by atoms with E-state index in [0.29, 0.717) is 0 Å². The molecule has 0 N–H and O–H groups in total. The van der Waals surface area contributed by atoms with E-state index >= 15 is 0 Å². The first-order valence-electron chi connectivity index (χ1n) is 3.41. The topological polar surface area (TPSA) is 0 Å². The maximum Gasteiger partial charge on any atom is -0.0533 e. The van der Waals surface area contributed by atoms with Crippen LogP contribution in [0.2, 0.25) is 0 Å². The van der Waals surface area contributed by atoms with Crippen molar-refractivity contribution in [1.29, 1.82) is 0 Å². The molecule has 0 saturated heterocycles. The molecule has 0 fully saturated rings. The fraction of sp³-hybridized carbons (Fsp3) is 1.00. The fourth-order valence-corrected chi connectivity index (χ4v) is 0.677. The second-order valence-corrected chi connectivity index (χ2v) is 2.06. The van der Waals surface area contributed by atoms with Gasteiger partial charge in [-0.3, -0.25) is 0 Å². The van der Waals surface area contributed by atoms with Gasteiger partial charge in [0.2, 0.25) is 0 Å². The average Bonchev–Trinajstić information content (AvgIpc) is 1.69. The van der Waals surface area contributed by atoms with E-state index in [4.69, 9.17) is 0 Å². The van der Waals surface area contributed by atoms with E-state index in [1.54, 1.807) is 0 Å². The molecule has 0 heterocycles. The van der Waals surface area contributed by atoms with Crippen molar-refractivity contribution < 1.29 is 0 Å². The highest BCUT2D eigenvalue weighted by atomic mass is 35.5. The number of halogens is 3. The molecule has 0 nitrogen and oxygen atoms in total. The van der Waals surface area contributed by atoms with Crippen LogP contribution in [-0.4, -0.2) is 0 Å². The van der Waals surface area contributed by atoms with Crippen LogP contribution in [0.25, 0.3) is 0 Å². The minimum absolute atomic E-state index is 0. The number of hydrogen-bond acceptors (Lipinski definition) is 0. The molecule has 0 amide bonds. The smallest absolute Gasteiger partial charge is 0.0533 e. The minimum atomic E-state index is 0. The Morgan fingerprint density at radius 3 is 1.10 bits per heavy atom. The molecule has 3 heteroatoms. The van der Waals surface area contributed by atoms with Gasteiger partial charge >= 0.3 is 0 Å². The highest BCUT2D eigenvalue weighted by Crippen LogP contribution is 2.00. The van der Waals surface area contributed by atoms with E-state index < -0.39 is 0 Å². The van der Waals surface area contributed by atoms with Crippen molar-refractivity contribution in [2.24, 2.45) is 0 Å². The Morgan fingerprint density at radius 1 is 0.600 bits per heavy atom. The zero-order chi connectivity index (χ0) is 5.54. The number of rotatable bonds is 4. The molecule has 0 aliphatic heterocycles. The van der Waals surface area contributed by atoms with Gasteiger partial charge < -0.3 is 0 Å². The van der Waals surface area contributed by atoms with Gasteiger partial charge in [-0.15, -0.1) is 37.2 Å². The van der Waals surface area contributed by atoms with E-state index in [9.17, 15) is 0 Å². The lowest BCUT2D eigenvalue weighted by molar-refractivity contribution is 0.656. The van der Waals surface area contributed by atoms with Crippen molar-refractivity contribution in [1.82, 2.24) is 0 Å². The third-order valence-corrected chi connectivity index (χ3v) is 1.21. The van der Waals surface area contributed by atoms with Gasteiger partial charge in [0, 0.05) is 0 Å². The third kappa shape index (κ3) is 23.2. The zero-order valence-electron chi connectivity index (χ0n) is 6.76. The van der Waals surface area contributed by atoms with Gasteiger partial charge in [0.05, 0.1) is 0 Å². The first-order chi connectivity index (χ1) is 3.41. The van der Waals surface area contributed by atoms with Crippen LogP contribution < -0.4 is 0 Å². The molecule has 0 atom stereocenters. The van der Waals surface area contributed by atoms with E-state index in [1.807, 2.05) is 0 Å². The maximum atomic E-state index is 2.25. The molecule has 0 aromatic heterocycles. The van der Waals surface area contributed by atoms with E-state index in [0.717, 1.165) is 0 Å². The summed E-state index contributed by atoms with van der Waals surface area (Å²) in [6, 6.07) is 0. The Bertz CT molecular complexity index is 28.0. The summed E-state index contributed by atoms with van der Waals surface area (Å²) in [4.78, 5) is 0. The van der Waals surface area contributed by atoms with Crippen molar-refractivity contribution >= 4 is 37.2 Å². The van der Waals surface area contributed by atoms with Crippen LogP contribution in [0, 0.1) is 0 Å². The van der Waals surface area contributed by atoms with Gasteiger partial charge in [0.15, 0.2) is 0 Å². The van der Waals surface area contributed by atoms with Crippen molar-refractivity contribution in [2.45, 2.75) is 46.0 Å². The van der Waals surface area contributed by atoms with Gasteiger partial charge in [-0.25, -0.2) is 0 Å².